The minimum Gasteiger partial charge on any atom is -0.491 e. The summed E-state index contributed by atoms with van der Waals surface area (Å²) in [6.07, 6.45) is 4.70. The molecule has 0 spiro atoms. The van der Waals surface area contributed by atoms with Crippen LogP contribution in [0.25, 0.3) is 0 Å². The Morgan fingerprint density at radius 2 is 1.10 bits per heavy atom. The molecular weight excluding hydrogens is 376 g/mol. The summed E-state index contributed by atoms with van der Waals surface area (Å²) in [5.41, 5.74) is 7.04. The summed E-state index contributed by atoms with van der Waals surface area (Å²) in [4.78, 5) is 0. The molecule has 0 aliphatic carbocycles. The number of rotatable bonds is 12. The zero-order chi connectivity index (χ0) is 22.1. The summed E-state index contributed by atoms with van der Waals surface area (Å²) >= 11 is 0. The van der Waals surface area contributed by atoms with Gasteiger partial charge >= 0.3 is 0 Å². The summed E-state index contributed by atoms with van der Waals surface area (Å²) in [6.45, 7) is 11.2. The number of ether oxygens (including phenoxy) is 2. The van der Waals surface area contributed by atoms with Crippen LogP contribution in [-0.2, 0) is 0 Å². The smallest absolute Gasteiger partial charge is 0.125 e. The fourth-order valence-electron chi connectivity index (χ4n) is 4.24. The van der Waals surface area contributed by atoms with Crippen molar-refractivity contribution in [3.63, 3.8) is 0 Å². The third-order valence-electron chi connectivity index (χ3n) is 5.54. The van der Waals surface area contributed by atoms with Crippen LogP contribution in [-0.4, -0.2) is 36.6 Å². The van der Waals surface area contributed by atoms with Gasteiger partial charge in [-0.2, -0.15) is 0 Å². The second-order valence-corrected chi connectivity index (χ2v) is 8.16. The van der Waals surface area contributed by atoms with Crippen molar-refractivity contribution >= 4 is 0 Å². The summed E-state index contributed by atoms with van der Waals surface area (Å²) in [5.74, 6) is 2.06. The predicted octanol–water partition coefficient (Wildman–Crippen LogP) is 5.37. The van der Waals surface area contributed by atoms with Crippen LogP contribution >= 0.6 is 0 Å². The quantitative estimate of drug-likeness (QED) is 0.458. The number of aliphatic hydroxyl groups is 2. The summed E-state index contributed by atoms with van der Waals surface area (Å²) < 4.78 is 11.5. The first-order valence-electron chi connectivity index (χ1n) is 11.1. The lowest BCUT2D eigenvalue weighted by molar-refractivity contribution is 0.200. The van der Waals surface area contributed by atoms with E-state index in [2.05, 4.69) is 58.9 Å². The Balaban J connectivity index is 2.44. The summed E-state index contributed by atoms with van der Waals surface area (Å²) in [5, 5.41) is 18.2. The first-order valence-corrected chi connectivity index (χ1v) is 11.1. The van der Waals surface area contributed by atoms with Crippen molar-refractivity contribution in [2.75, 3.05) is 26.4 Å². The molecule has 2 aromatic rings. The summed E-state index contributed by atoms with van der Waals surface area (Å²) in [6, 6.07) is 8.93. The van der Waals surface area contributed by atoms with Gasteiger partial charge < -0.3 is 19.7 Å². The standard InChI is InChI=1S/C26H38O4/c1-6-7-8-9-24(22-14-18(2)25(19(3)15-22)29-12-10-27)23-16-20(4)26(21(5)17-23)30-13-11-28/h14-17,24,27-28H,6-13H2,1-5H3. The molecular formula is C26H38O4. The first kappa shape index (κ1) is 24.2. The van der Waals surface area contributed by atoms with Crippen LogP contribution in [0.15, 0.2) is 24.3 Å². The molecule has 0 amide bonds. The molecule has 2 aromatic carbocycles. The topological polar surface area (TPSA) is 58.9 Å². The van der Waals surface area contributed by atoms with Crippen molar-refractivity contribution in [2.24, 2.45) is 0 Å². The summed E-state index contributed by atoms with van der Waals surface area (Å²) in [7, 11) is 0. The highest BCUT2D eigenvalue weighted by molar-refractivity contribution is 5.50. The zero-order valence-corrected chi connectivity index (χ0v) is 19.3. The molecule has 0 aromatic heterocycles. The monoisotopic (exact) mass is 414 g/mol. The largest absolute Gasteiger partial charge is 0.491 e. The van der Waals surface area contributed by atoms with E-state index in [0.29, 0.717) is 19.1 Å². The van der Waals surface area contributed by atoms with Crippen molar-refractivity contribution in [2.45, 2.75) is 66.2 Å². The van der Waals surface area contributed by atoms with E-state index >= 15 is 0 Å². The number of aliphatic hydroxyl groups excluding tert-OH is 2. The number of hydrogen-bond donors (Lipinski definition) is 2. The number of benzene rings is 2. The number of aryl methyl sites for hydroxylation is 4. The van der Waals surface area contributed by atoms with Gasteiger partial charge in [-0.25, -0.2) is 0 Å². The zero-order valence-electron chi connectivity index (χ0n) is 19.3. The molecule has 2 N–H and O–H groups in total. The van der Waals surface area contributed by atoms with Gasteiger partial charge in [0.1, 0.15) is 24.7 Å². The molecule has 0 bridgehead atoms. The minimum atomic E-state index is 0.0174. The lowest BCUT2D eigenvalue weighted by atomic mass is 9.84. The van der Waals surface area contributed by atoms with E-state index in [0.717, 1.165) is 40.2 Å². The third kappa shape index (κ3) is 6.23. The van der Waals surface area contributed by atoms with Gasteiger partial charge in [0, 0.05) is 5.92 Å². The predicted molar refractivity (Wildman–Crippen MR) is 123 cm³/mol. The molecule has 166 valence electrons. The van der Waals surface area contributed by atoms with E-state index in [9.17, 15) is 0 Å². The molecule has 0 radical (unpaired) electrons. The van der Waals surface area contributed by atoms with Crippen LogP contribution in [0.5, 0.6) is 11.5 Å². The van der Waals surface area contributed by atoms with E-state index in [1.807, 2.05) is 0 Å². The van der Waals surface area contributed by atoms with Crippen LogP contribution in [0.1, 0.15) is 71.9 Å². The average molecular weight is 415 g/mol. The molecule has 0 saturated carbocycles. The molecule has 0 fully saturated rings. The fourth-order valence-corrected chi connectivity index (χ4v) is 4.24. The van der Waals surface area contributed by atoms with Gasteiger partial charge in [0.2, 0.25) is 0 Å². The maximum absolute atomic E-state index is 9.10. The molecule has 4 heteroatoms. The molecule has 0 atom stereocenters. The van der Waals surface area contributed by atoms with Crippen LogP contribution < -0.4 is 9.47 Å². The van der Waals surface area contributed by atoms with E-state index in [4.69, 9.17) is 19.7 Å². The Hall–Kier alpha value is -2.04. The van der Waals surface area contributed by atoms with Gasteiger partial charge in [0.15, 0.2) is 0 Å². The van der Waals surface area contributed by atoms with Gasteiger partial charge in [0.25, 0.3) is 0 Å². The van der Waals surface area contributed by atoms with Crippen LogP contribution in [0.4, 0.5) is 0 Å². The molecule has 0 unspecified atom stereocenters. The van der Waals surface area contributed by atoms with Crippen molar-refractivity contribution < 1.29 is 19.7 Å². The molecule has 0 heterocycles. The first-order chi connectivity index (χ1) is 14.4. The maximum Gasteiger partial charge on any atom is 0.125 e. The van der Waals surface area contributed by atoms with E-state index in [1.165, 1.54) is 30.4 Å². The van der Waals surface area contributed by atoms with Gasteiger partial charge in [-0.3, -0.25) is 0 Å². The Kier molecular flexibility index (Phi) is 9.67. The van der Waals surface area contributed by atoms with Gasteiger partial charge in [-0.15, -0.1) is 0 Å². The van der Waals surface area contributed by atoms with E-state index in [1.54, 1.807) is 0 Å². The SMILES string of the molecule is CCCCCC(c1cc(C)c(OCCO)c(C)c1)c1cc(C)c(OCCO)c(C)c1. The maximum atomic E-state index is 9.10. The second-order valence-electron chi connectivity index (χ2n) is 8.16. The van der Waals surface area contributed by atoms with Crippen molar-refractivity contribution in [3.8, 4) is 11.5 Å². The normalized spacial score (nSPS) is 11.2. The molecule has 2 rings (SSSR count). The fraction of sp³-hybridized carbons (Fsp3) is 0.538. The Morgan fingerprint density at radius 1 is 0.700 bits per heavy atom. The Bertz CT molecular complexity index is 703. The lowest BCUT2D eigenvalue weighted by Gasteiger charge is -2.23. The number of unbranched alkanes of at least 4 members (excludes halogenated alkanes) is 2. The average Bonchev–Trinajstić information content (AvgIpc) is 2.70. The minimum absolute atomic E-state index is 0.0174. The highest BCUT2D eigenvalue weighted by Crippen LogP contribution is 2.37. The third-order valence-corrected chi connectivity index (χ3v) is 5.54. The molecule has 0 aliphatic heterocycles. The van der Waals surface area contributed by atoms with Crippen LogP contribution in [0.2, 0.25) is 0 Å². The van der Waals surface area contributed by atoms with Gasteiger partial charge in [-0.05, 0) is 67.5 Å². The molecule has 0 aliphatic rings. The van der Waals surface area contributed by atoms with Crippen molar-refractivity contribution in [1.29, 1.82) is 0 Å². The van der Waals surface area contributed by atoms with Crippen molar-refractivity contribution in [1.82, 2.24) is 0 Å². The van der Waals surface area contributed by atoms with Crippen LogP contribution in [0.3, 0.4) is 0 Å². The molecule has 0 saturated heterocycles. The van der Waals surface area contributed by atoms with Gasteiger partial charge in [-0.1, -0.05) is 50.5 Å². The second kappa shape index (κ2) is 12.0. The van der Waals surface area contributed by atoms with E-state index < -0.39 is 0 Å². The van der Waals surface area contributed by atoms with E-state index in [-0.39, 0.29) is 13.2 Å². The molecule has 30 heavy (non-hydrogen) atoms. The Morgan fingerprint density at radius 3 is 1.43 bits per heavy atom. The number of hydrogen-bond acceptors (Lipinski definition) is 4. The van der Waals surface area contributed by atoms with Crippen molar-refractivity contribution in [3.05, 3.63) is 57.6 Å². The highest BCUT2D eigenvalue weighted by atomic mass is 16.5. The van der Waals surface area contributed by atoms with Crippen LogP contribution in [0, 0.1) is 27.7 Å². The lowest BCUT2D eigenvalue weighted by Crippen LogP contribution is -2.09. The Labute approximate surface area is 181 Å². The molecule has 4 nitrogen and oxygen atoms in total. The highest BCUT2D eigenvalue weighted by Gasteiger charge is 2.19. The van der Waals surface area contributed by atoms with Gasteiger partial charge in [0.05, 0.1) is 13.2 Å².